The van der Waals surface area contributed by atoms with Gasteiger partial charge in [0.15, 0.2) is 0 Å². The van der Waals surface area contributed by atoms with E-state index in [1.165, 1.54) is 6.42 Å². The Labute approximate surface area is 117 Å². The van der Waals surface area contributed by atoms with Gasteiger partial charge in [-0.05, 0) is 32.2 Å². The number of carbonyl (C=O) groups is 1. The van der Waals surface area contributed by atoms with Crippen LogP contribution in [-0.4, -0.2) is 54.5 Å². The molecule has 0 aromatic rings. The van der Waals surface area contributed by atoms with Gasteiger partial charge in [0.1, 0.15) is 0 Å². The summed E-state index contributed by atoms with van der Waals surface area (Å²) in [4.78, 5) is 17.1. The highest BCUT2D eigenvalue weighted by Gasteiger charge is 2.33. The maximum atomic E-state index is 12.6. The molecule has 2 unspecified atom stereocenters. The molecule has 2 aliphatic rings. The van der Waals surface area contributed by atoms with Gasteiger partial charge in [-0.25, -0.2) is 0 Å². The van der Waals surface area contributed by atoms with Gasteiger partial charge in [0.05, 0.1) is 5.92 Å². The molecule has 19 heavy (non-hydrogen) atoms. The van der Waals surface area contributed by atoms with Crippen LogP contribution in [0.5, 0.6) is 0 Å². The second-order valence-corrected chi connectivity index (χ2v) is 6.17. The lowest BCUT2D eigenvalue weighted by Gasteiger charge is -2.39. The summed E-state index contributed by atoms with van der Waals surface area (Å²) >= 11 is 0. The van der Waals surface area contributed by atoms with E-state index in [1.54, 1.807) is 0 Å². The molecule has 4 nitrogen and oxygen atoms in total. The standard InChI is InChI=1S/C15H29N3O/c1-3-18-10-8-12(9-11-18)17(2)15(19)13-6-4-5-7-14(13)16/h12-14H,3-11,16H2,1-2H3. The Morgan fingerprint density at radius 1 is 1.21 bits per heavy atom. The maximum absolute atomic E-state index is 12.6. The maximum Gasteiger partial charge on any atom is 0.227 e. The Hall–Kier alpha value is -0.610. The van der Waals surface area contributed by atoms with E-state index in [0.29, 0.717) is 11.9 Å². The summed E-state index contributed by atoms with van der Waals surface area (Å²) in [5.74, 6) is 0.366. The molecule has 0 aromatic heterocycles. The lowest BCUT2D eigenvalue weighted by molar-refractivity contribution is -0.138. The summed E-state index contributed by atoms with van der Waals surface area (Å²) < 4.78 is 0. The number of piperidine rings is 1. The van der Waals surface area contributed by atoms with Crippen molar-refractivity contribution in [3.8, 4) is 0 Å². The van der Waals surface area contributed by atoms with E-state index in [4.69, 9.17) is 5.73 Å². The Morgan fingerprint density at radius 2 is 1.84 bits per heavy atom. The summed E-state index contributed by atoms with van der Waals surface area (Å²) in [6.45, 7) is 5.57. The fourth-order valence-corrected chi connectivity index (χ4v) is 3.53. The molecular formula is C15H29N3O. The lowest BCUT2D eigenvalue weighted by Crippen LogP contribution is -2.50. The third-order valence-electron chi connectivity index (χ3n) is 5.04. The second-order valence-electron chi connectivity index (χ2n) is 6.17. The van der Waals surface area contributed by atoms with Gasteiger partial charge in [0.25, 0.3) is 0 Å². The van der Waals surface area contributed by atoms with Crippen molar-refractivity contribution in [2.75, 3.05) is 26.7 Å². The molecule has 0 bridgehead atoms. The van der Waals surface area contributed by atoms with Crippen LogP contribution in [0, 0.1) is 5.92 Å². The zero-order valence-corrected chi connectivity index (χ0v) is 12.5. The van der Waals surface area contributed by atoms with Crippen LogP contribution in [0.1, 0.15) is 45.4 Å². The summed E-state index contributed by atoms with van der Waals surface area (Å²) in [6.07, 6.45) is 6.56. The van der Waals surface area contributed by atoms with Crippen LogP contribution in [0.2, 0.25) is 0 Å². The van der Waals surface area contributed by atoms with Crippen LogP contribution < -0.4 is 5.73 Å². The van der Waals surface area contributed by atoms with Crippen molar-refractivity contribution in [1.82, 2.24) is 9.80 Å². The Bertz CT molecular complexity index is 300. The third-order valence-corrected chi connectivity index (χ3v) is 5.04. The monoisotopic (exact) mass is 267 g/mol. The topological polar surface area (TPSA) is 49.6 Å². The fourth-order valence-electron chi connectivity index (χ4n) is 3.53. The van der Waals surface area contributed by atoms with E-state index in [-0.39, 0.29) is 12.0 Å². The van der Waals surface area contributed by atoms with Crippen molar-refractivity contribution in [2.45, 2.75) is 57.5 Å². The van der Waals surface area contributed by atoms with Gasteiger partial charge in [-0.1, -0.05) is 19.8 Å². The highest BCUT2D eigenvalue weighted by atomic mass is 16.2. The number of likely N-dealkylation sites (tertiary alicyclic amines) is 1. The van der Waals surface area contributed by atoms with E-state index in [1.807, 2.05) is 11.9 Å². The van der Waals surface area contributed by atoms with Gasteiger partial charge < -0.3 is 15.5 Å². The van der Waals surface area contributed by atoms with Crippen LogP contribution in [0.3, 0.4) is 0 Å². The van der Waals surface area contributed by atoms with E-state index >= 15 is 0 Å². The van der Waals surface area contributed by atoms with Crippen molar-refractivity contribution in [3.05, 3.63) is 0 Å². The van der Waals surface area contributed by atoms with Crippen molar-refractivity contribution in [3.63, 3.8) is 0 Å². The first kappa shape index (κ1) is 14.8. The van der Waals surface area contributed by atoms with Gasteiger partial charge in [0, 0.05) is 32.2 Å². The molecule has 0 spiro atoms. The molecule has 0 aromatic carbocycles. The number of nitrogens with two attached hydrogens (primary N) is 1. The quantitative estimate of drug-likeness (QED) is 0.842. The van der Waals surface area contributed by atoms with Crippen LogP contribution in [0.4, 0.5) is 0 Å². The molecule has 1 saturated carbocycles. The van der Waals surface area contributed by atoms with Crippen LogP contribution >= 0.6 is 0 Å². The van der Waals surface area contributed by atoms with Crippen molar-refractivity contribution >= 4 is 5.91 Å². The molecule has 2 N–H and O–H groups in total. The number of carbonyl (C=O) groups excluding carboxylic acids is 1. The number of rotatable bonds is 3. The lowest BCUT2D eigenvalue weighted by atomic mass is 9.83. The van der Waals surface area contributed by atoms with Gasteiger partial charge in [-0.2, -0.15) is 0 Å². The van der Waals surface area contributed by atoms with Crippen molar-refractivity contribution < 1.29 is 4.79 Å². The SMILES string of the molecule is CCN1CCC(N(C)C(=O)C2CCCCC2N)CC1. The average Bonchev–Trinajstić information content (AvgIpc) is 2.46. The molecular weight excluding hydrogens is 238 g/mol. The highest BCUT2D eigenvalue weighted by molar-refractivity contribution is 5.79. The van der Waals surface area contributed by atoms with Gasteiger partial charge in [-0.15, -0.1) is 0 Å². The summed E-state index contributed by atoms with van der Waals surface area (Å²) in [5.41, 5.74) is 6.14. The smallest absolute Gasteiger partial charge is 0.227 e. The first-order chi connectivity index (χ1) is 9.13. The summed E-state index contributed by atoms with van der Waals surface area (Å²) in [7, 11) is 1.98. The summed E-state index contributed by atoms with van der Waals surface area (Å²) in [6, 6.07) is 0.504. The van der Waals surface area contributed by atoms with E-state index in [9.17, 15) is 4.79 Å². The van der Waals surface area contributed by atoms with E-state index in [0.717, 1.165) is 51.7 Å². The highest BCUT2D eigenvalue weighted by Crippen LogP contribution is 2.26. The second kappa shape index (κ2) is 6.71. The molecule has 0 radical (unpaired) electrons. The first-order valence-corrected chi connectivity index (χ1v) is 7.88. The number of hydrogen-bond donors (Lipinski definition) is 1. The number of hydrogen-bond acceptors (Lipinski definition) is 3. The molecule has 1 saturated heterocycles. The molecule has 2 atom stereocenters. The normalized spacial score (nSPS) is 30.3. The number of nitrogens with zero attached hydrogens (tertiary/aromatic N) is 2. The van der Waals surface area contributed by atoms with Crippen molar-refractivity contribution in [2.24, 2.45) is 11.7 Å². The van der Waals surface area contributed by atoms with E-state index in [2.05, 4.69) is 11.8 Å². The largest absolute Gasteiger partial charge is 0.342 e. The van der Waals surface area contributed by atoms with E-state index < -0.39 is 0 Å². The van der Waals surface area contributed by atoms with Crippen LogP contribution in [-0.2, 0) is 4.79 Å². The Balaban J connectivity index is 1.88. The molecule has 1 amide bonds. The Kier molecular flexibility index (Phi) is 5.22. The van der Waals surface area contributed by atoms with Crippen molar-refractivity contribution in [1.29, 1.82) is 0 Å². The predicted octanol–water partition coefficient (Wildman–Crippen LogP) is 1.45. The zero-order chi connectivity index (χ0) is 13.8. The fraction of sp³-hybridized carbons (Fsp3) is 0.933. The number of amides is 1. The van der Waals surface area contributed by atoms with Gasteiger partial charge in [0.2, 0.25) is 5.91 Å². The Morgan fingerprint density at radius 3 is 2.42 bits per heavy atom. The predicted molar refractivity (Wildman–Crippen MR) is 77.8 cm³/mol. The molecule has 4 heteroatoms. The average molecular weight is 267 g/mol. The van der Waals surface area contributed by atoms with Gasteiger partial charge in [-0.3, -0.25) is 4.79 Å². The van der Waals surface area contributed by atoms with Gasteiger partial charge >= 0.3 is 0 Å². The third kappa shape index (κ3) is 3.48. The molecule has 2 rings (SSSR count). The van der Waals surface area contributed by atoms with Crippen LogP contribution in [0.15, 0.2) is 0 Å². The molecule has 1 aliphatic heterocycles. The minimum absolute atomic E-state index is 0.0722. The first-order valence-electron chi connectivity index (χ1n) is 7.88. The zero-order valence-electron chi connectivity index (χ0n) is 12.5. The minimum atomic E-state index is 0.0722. The molecule has 2 fully saturated rings. The molecule has 1 aliphatic carbocycles. The molecule has 110 valence electrons. The van der Waals surface area contributed by atoms with Crippen LogP contribution in [0.25, 0.3) is 0 Å². The molecule has 1 heterocycles. The summed E-state index contributed by atoms with van der Waals surface area (Å²) in [5, 5.41) is 0. The minimum Gasteiger partial charge on any atom is -0.342 e.